The van der Waals surface area contributed by atoms with E-state index in [0.29, 0.717) is 24.3 Å². The minimum Gasteiger partial charge on any atom is -0.482 e. The molecule has 54 heavy (non-hydrogen) atoms. The Morgan fingerprint density at radius 2 is 1.06 bits per heavy atom. The third-order valence-corrected chi connectivity index (χ3v) is 14.9. The number of hydrogen-bond acceptors (Lipinski definition) is 6. The van der Waals surface area contributed by atoms with Crippen LogP contribution in [0.4, 0.5) is 43.9 Å². The molecular weight excluding hydrogens is 828 g/mol. The first kappa shape index (κ1) is 44.7. The topological polar surface area (TPSA) is 127 Å². The summed E-state index contributed by atoms with van der Waals surface area (Å²) in [5.41, 5.74) is -19.1. The fourth-order valence-electron chi connectivity index (χ4n) is 7.41. The van der Waals surface area contributed by atoms with E-state index in [1.165, 1.54) is 13.8 Å². The molecule has 0 aliphatic heterocycles. The van der Waals surface area contributed by atoms with E-state index in [1.54, 1.807) is 0 Å². The number of halogens is 10. The van der Waals surface area contributed by atoms with Gasteiger partial charge in [-0.2, -0.15) is 38.8 Å². The summed E-state index contributed by atoms with van der Waals surface area (Å²) < 4.78 is 236. The van der Waals surface area contributed by atoms with Crippen molar-refractivity contribution in [3.8, 4) is 22.6 Å². The number of ether oxygens (including phenoxy) is 2. The minimum absolute atomic E-state index is 0.120. The van der Waals surface area contributed by atoms with Crippen molar-refractivity contribution in [3.05, 3.63) is 36.4 Å². The molecule has 0 spiro atoms. The zero-order valence-corrected chi connectivity index (χ0v) is 33.3. The lowest BCUT2D eigenvalue weighted by Crippen LogP contribution is -2.90. The van der Waals surface area contributed by atoms with Gasteiger partial charge in [-0.05, 0) is 68.0 Å². The molecular formula is C32H38F10O8P2S2. The molecule has 0 amide bonds. The Labute approximate surface area is 310 Å². The number of rotatable bonds is 13. The second kappa shape index (κ2) is 12.8. The molecule has 0 saturated heterocycles. The Balaban J connectivity index is 1.88. The Bertz CT molecular complexity index is 1930. The molecule has 306 valence electrons. The predicted octanol–water partition coefficient (Wildman–Crippen LogP) is 9.18. The molecule has 0 heterocycles. The van der Waals surface area contributed by atoms with Crippen LogP contribution in [-0.4, -0.2) is 77.1 Å². The van der Waals surface area contributed by atoms with Crippen molar-refractivity contribution < 1.29 is 79.3 Å². The molecule has 4 rings (SSSR count). The first-order valence-corrected chi connectivity index (χ1v) is 20.2. The molecule has 2 aliphatic carbocycles. The van der Waals surface area contributed by atoms with E-state index in [2.05, 4.69) is 0 Å². The van der Waals surface area contributed by atoms with Crippen LogP contribution in [0.25, 0.3) is 11.1 Å². The van der Waals surface area contributed by atoms with E-state index in [1.807, 2.05) is 0 Å². The predicted molar refractivity (Wildman–Crippen MR) is 183 cm³/mol. The largest absolute Gasteiger partial charge is 0.482 e. The summed E-state index contributed by atoms with van der Waals surface area (Å²) in [6.07, 6.45) is -2.57. The summed E-state index contributed by atoms with van der Waals surface area (Å²) in [6, 6.07) is 3.77. The van der Waals surface area contributed by atoms with Gasteiger partial charge in [0.1, 0.15) is 21.3 Å². The van der Waals surface area contributed by atoms with Crippen LogP contribution in [0.15, 0.2) is 46.2 Å². The van der Waals surface area contributed by atoms with E-state index in [0.717, 1.165) is 51.4 Å². The van der Waals surface area contributed by atoms with Gasteiger partial charge in [-0.15, -0.1) is 0 Å². The molecule has 2 aliphatic rings. The minimum atomic E-state index is -5.60. The Hall–Kier alpha value is -1.98. The molecule has 0 aromatic heterocycles. The van der Waals surface area contributed by atoms with E-state index in [-0.39, 0.29) is 6.92 Å². The van der Waals surface area contributed by atoms with Crippen LogP contribution >= 0.6 is 18.5 Å². The van der Waals surface area contributed by atoms with Crippen molar-refractivity contribution >= 4 is 38.7 Å². The van der Waals surface area contributed by atoms with E-state index in [9.17, 15) is 30.3 Å². The third kappa shape index (κ3) is 5.20. The fourth-order valence-corrected chi connectivity index (χ4v) is 9.77. The smallest absolute Gasteiger partial charge is 0.332 e. The average molecular weight is 867 g/mol. The zero-order chi connectivity index (χ0) is 41.9. The van der Waals surface area contributed by atoms with Crippen LogP contribution in [0.3, 0.4) is 0 Å². The summed E-state index contributed by atoms with van der Waals surface area (Å²) >= 11 is 0. The Kier molecular flexibility index (Phi) is 10.6. The van der Waals surface area contributed by atoms with Gasteiger partial charge < -0.3 is 9.47 Å². The average Bonchev–Trinajstić information content (AvgIpc) is 3.07. The second-order valence-corrected chi connectivity index (χ2v) is 18.3. The highest BCUT2D eigenvalue weighted by molar-refractivity contribution is 7.86. The van der Waals surface area contributed by atoms with Crippen molar-refractivity contribution in [3.63, 3.8) is 0 Å². The van der Waals surface area contributed by atoms with Gasteiger partial charge in [0, 0.05) is 5.41 Å². The molecule has 2 aromatic rings. The number of hydrogen-bond donors (Lipinski definition) is 2. The maximum atomic E-state index is 16.5. The van der Waals surface area contributed by atoms with Gasteiger partial charge in [-0.3, -0.25) is 9.11 Å². The van der Waals surface area contributed by atoms with Crippen molar-refractivity contribution in [2.75, 3.05) is 0 Å². The highest BCUT2D eigenvalue weighted by Gasteiger charge is 3.00. The van der Waals surface area contributed by atoms with Crippen molar-refractivity contribution in [1.29, 1.82) is 0 Å². The molecule has 22 heteroatoms. The van der Waals surface area contributed by atoms with Gasteiger partial charge >= 0.3 is 17.7 Å². The van der Waals surface area contributed by atoms with Gasteiger partial charge in [0.15, 0.2) is 5.60 Å². The van der Waals surface area contributed by atoms with Crippen molar-refractivity contribution in [1.82, 2.24) is 0 Å². The van der Waals surface area contributed by atoms with Crippen LogP contribution in [0.1, 0.15) is 67.2 Å². The van der Waals surface area contributed by atoms with Gasteiger partial charge in [-0.1, -0.05) is 65.2 Å². The fraction of sp³-hybridized carbons (Fsp3) is 0.625. The maximum absolute atomic E-state index is 16.5. The zero-order valence-electron chi connectivity index (χ0n) is 29.4. The SMILES string of the molecule is CCC(C)(CC)C1(F)C(F)(F)C(F)(P)C1(F)Oc1ccc(-c2ccc(OC(CC)(CC)C3(F)C(F)(F)C(C)(F)C3(F)P)c(S(=O)(=O)O)c2)cc1S(=O)(=O)O. The monoisotopic (exact) mass is 866 g/mol. The summed E-state index contributed by atoms with van der Waals surface area (Å²) in [4.78, 5) is -2.76. The van der Waals surface area contributed by atoms with Gasteiger partial charge in [0.25, 0.3) is 37.0 Å². The standard InChI is InChI=1S/C32H38F10O8P2S2/c1-7-23(5,8-2)26(34)29(38,39)32(42,52)30(26,40)50-20-14-12-18(16-22(20)54(46,47)48)17-11-13-19(21(15-17)53(43,44)45)49-25(9-3,10-4)27(35)28(36,37)24(6,33)31(27,41)51/h11-16H,7-10,51-52H2,1-6H3,(H,43,44,45)(H,46,47,48). The second-order valence-electron chi connectivity index (χ2n) is 13.9. The number of alkyl halides is 10. The molecule has 0 radical (unpaired) electrons. The Morgan fingerprint density at radius 1 is 0.648 bits per heavy atom. The molecule has 2 saturated carbocycles. The van der Waals surface area contributed by atoms with E-state index < -0.39 is 135 Å². The molecule has 8 nitrogen and oxygen atoms in total. The summed E-state index contributed by atoms with van der Waals surface area (Å²) in [5.74, 6) is -17.1. The van der Waals surface area contributed by atoms with Crippen molar-refractivity contribution in [2.24, 2.45) is 5.41 Å². The van der Waals surface area contributed by atoms with Crippen LogP contribution in [-0.2, 0) is 20.2 Å². The first-order valence-electron chi connectivity index (χ1n) is 16.2. The first-order chi connectivity index (χ1) is 24.1. The molecule has 0 bridgehead atoms. The molecule has 2 N–H and O–H groups in total. The summed E-state index contributed by atoms with van der Waals surface area (Å²) in [7, 11) is -9.21. The van der Waals surface area contributed by atoms with E-state index >= 15 is 39.5 Å². The lowest BCUT2D eigenvalue weighted by Gasteiger charge is -2.65. The lowest BCUT2D eigenvalue weighted by molar-refractivity contribution is -0.445. The molecule has 8 unspecified atom stereocenters. The van der Waals surface area contributed by atoms with Gasteiger partial charge in [-0.25, -0.2) is 22.0 Å². The summed E-state index contributed by atoms with van der Waals surface area (Å²) in [6.45, 7) is 5.58. The van der Waals surface area contributed by atoms with E-state index in [4.69, 9.17) is 9.47 Å². The van der Waals surface area contributed by atoms with Crippen LogP contribution < -0.4 is 9.47 Å². The molecule has 2 fully saturated rings. The quantitative estimate of drug-likeness (QED) is 0.116. The van der Waals surface area contributed by atoms with Gasteiger partial charge in [0.2, 0.25) is 11.1 Å². The highest BCUT2D eigenvalue weighted by atomic mass is 32.2. The third-order valence-electron chi connectivity index (χ3n) is 11.5. The van der Waals surface area contributed by atoms with Crippen LogP contribution in [0.2, 0.25) is 0 Å². The highest BCUT2D eigenvalue weighted by Crippen LogP contribution is 2.76. The molecule has 2 aromatic carbocycles. The van der Waals surface area contributed by atoms with Crippen molar-refractivity contribution in [2.45, 2.75) is 128 Å². The van der Waals surface area contributed by atoms with Crippen LogP contribution in [0.5, 0.6) is 11.5 Å². The summed E-state index contributed by atoms with van der Waals surface area (Å²) in [5, 5.41) is -8.46. The Morgan fingerprint density at radius 3 is 1.43 bits per heavy atom. The van der Waals surface area contributed by atoms with Gasteiger partial charge in [0.05, 0.1) is 0 Å². The maximum Gasteiger partial charge on any atom is 0.332 e. The number of benzene rings is 2. The normalized spacial score (nSPS) is 33.8. The van der Waals surface area contributed by atoms with Crippen LogP contribution in [0, 0.1) is 5.41 Å². The molecule has 8 atom stereocenters. The lowest BCUT2D eigenvalue weighted by atomic mass is 9.54.